The number of benzene rings is 1. The molecule has 13 heteroatoms. The number of likely N-dealkylation sites (tertiary alicyclic amines) is 1. The molecule has 36 heavy (non-hydrogen) atoms. The number of rotatable bonds is 6. The van der Waals surface area contributed by atoms with Crippen molar-refractivity contribution in [3.05, 3.63) is 58.4 Å². The zero-order valence-electron chi connectivity index (χ0n) is 19.1. The molecule has 2 aromatic heterocycles. The van der Waals surface area contributed by atoms with Gasteiger partial charge < -0.3 is 15.3 Å². The fourth-order valence-corrected chi connectivity index (χ4v) is 3.72. The maximum absolute atomic E-state index is 13.2. The highest BCUT2D eigenvalue weighted by atomic mass is 19.4. The molecule has 0 saturated carbocycles. The van der Waals surface area contributed by atoms with Crippen molar-refractivity contribution in [1.82, 2.24) is 24.8 Å². The van der Waals surface area contributed by atoms with Crippen LogP contribution in [-0.2, 0) is 16.0 Å². The number of aromatic amines is 1. The van der Waals surface area contributed by atoms with E-state index in [0.29, 0.717) is 23.4 Å². The SMILES string of the molecule is O=C(Cc1cc(=O)n2[nH]cc(-c3ccc(F)cc3)c2n1)NCCN1CCCCC1.O=C(O)C(F)(F)F. The van der Waals surface area contributed by atoms with Gasteiger partial charge in [-0.3, -0.25) is 14.7 Å². The Bertz CT molecular complexity index is 1250. The lowest BCUT2D eigenvalue weighted by Gasteiger charge is -2.26. The molecule has 9 nitrogen and oxygen atoms in total. The van der Waals surface area contributed by atoms with Gasteiger partial charge in [-0.2, -0.15) is 13.2 Å². The Hall–Kier alpha value is -3.74. The molecule has 0 radical (unpaired) electrons. The number of halogens is 4. The number of carbonyl (C=O) groups is 2. The van der Waals surface area contributed by atoms with Crippen LogP contribution in [0.2, 0.25) is 0 Å². The molecule has 0 atom stereocenters. The number of aromatic nitrogens is 3. The molecule has 1 aromatic carbocycles. The standard InChI is InChI=1S/C21H24FN5O2.C2HF3O2/c22-16-6-4-15(5-7-16)18-14-24-27-20(29)13-17(25-21(18)27)12-19(28)23-8-11-26-9-2-1-3-10-26;3-2(4,5)1(6)7/h4-7,13-14,24H,1-3,8-12H2,(H,23,28);(H,6,7). The van der Waals surface area contributed by atoms with Crippen LogP contribution in [0.3, 0.4) is 0 Å². The van der Waals surface area contributed by atoms with Gasteiger partial charge in [0.1, 0.15) is 5.82 Å². The molecule has 1 aliphatic rings. The molecule has 0 unspecified atom stereocenters. The third kappa shape index (κ3) is 7.38. The first-order valence-electron chi connectivity index (χ1n) is 11.2. The van der Waals surface area contributed by atoms with Crippen LogP contribution >= 0.6 is 0 Å². The summed E-state index contributed by atoms with van der Waals surface area (Å²) in [7, 11) is 0. The van der Waals surface area contributed by atoms with Gasteiger partial charge >= 0.3 is 12.1 Å². The number of nitrogens with one attached hydrogen (secondary N) is 2. The summed E-state index contributed by atoms with van der Waals surface area (Å²) in [5, 5.41) is 12.9. The molecule has 0 bridgehead atoms. The highest BCUT2D eigenvalue weighted by Crippen LogP contribution is 2.23. The summed E-state index contributed by atoms with van der Waals surface area (Å²) in [6, 6.07) is 7.34. The number of carboxylic acid groups (broad SMARTS) is 1. The lowest BCUT2D eigenvalue weighted by Crippen LogP contribution is -2.38. The molecular formula is C23H25F4N5O4. The van der Waals surface area contributed by atoms with Gasteiger partial charge in [-0.1, -0.05) is 18.6 Å². The lowest BCUT2D eigenvalue weighted by molar-refractivity contribution is -0.192. The zero-order valence-corrected chi connectivity index (χ0v) is 19.1. The number of carboxylic acids is 1. The van der Waals surface area contributed by atoms with Gasteiger partial charge in [-0.15, -0.1) is 0 Å². The number of fused-ring (bicyclic) bond motifs is 1. The van der Waals surface area contributed by atoms with Crippen LogP contribution in [0.25, 0.3) is 16.8 Å². The van der Waals surface area contributed by atoms with Crippen molar-refractivity contribution < 1.29 is 32.3 Å². The topological polar surface area (TPSA) is 120 Å². The Morgan fingerprint density at radius 3 is 2.36 bits per heavy atom. The smallest absolute Gasteiger partial charge is 0.475 e. The second kappa shape index (κ2) is 11.8. The Balaban J connectivity index is 0.000000454. The van der Waals surface area contributed by atoms with Crippen LogP contribution in [0.4, 0.5) is 17.6 Å². The van der Waals surface area contributed by atoms with Gasteiger partial charge in [-0.25, -0.2) is 18.7 Å². The molecule has 3 N–H and O–H groups in total. The van der Waals surface area contributed by atoms with Gasteiger partial charge in [0, 0.05) is 30.9 Å². The van der Waals surface area contributed by atoms with Crippen LogP contribution in [-0.4, -0.2) is 68.8 Å². The van der Waals surface area contributed by atoms with Crippen molar-refractivity contribution in [3.8, 4) is 11.1 Å². The predicted octanol–water partition coefficient (Wildman–Crippen LogP) is 2.61. The van der Waals surface area contributed by atoms with Gasteiger partial charge in [0.15, 0.2) is 5.65 Å². The first-order chi connectivity index (χ1) is 17.0. The molecule has 3 heterocycles. The molecule has 4 rings (SSSR count). The Labute approximate surface area is 202 Å². The normalized spacial score (nSPS) is 14.2. The number of hydrogen-bond acceptors (Lipinski definition) is 5. The number of alkyl halides is 3. The van der Waals surface area contributed by atoms with E-state index in [-0.39, 0.29) is 23.7 Å². The number of hydrogen-bond donors (Lipinski definition) is 3. The maximum Gasteiger partial charge on any atom is 0.490 e. The second-order valence-electron chi connectivity index (χ2n) is 8.17. The predicted molar refractivity (Wildman–Crippen MR) is 122 cm³/mol. The van der Waals surface area contributed by atoms with E-state index in [1.807, 2.05) is 0 Å². The quantitative estimate of drug-likeness (QED) is 0.438. The van der Waals surface area contributed by atoms with E-state index in [2.05, 4.69) is 20.3 Å². The van der Waals surface area contributed by atoms with Gasteiger partial charge in [0.25, 0.3) is 5.56 Å². The van der Waals surface area contributed by atoms with Crippen LogP contribution in [0.1, 0.15) is 25.0 Å². The largest absolute Gasteiger partial charge is 0.490 e. The zero-order chi connectivity index (χ0) is 26.3. The Morgan fingerprint density at radius 2 is 1.75 bits per heavy atom. The molecule has 194 valence electrons. The first-order valence-corrected chi connectivity index (χ1v) is 11.2. The van der Waals surface area contributed by atoms with E-state index >= 15 is 0 Å². The highest BCUT2D eigenvalue weighted by molar-refractivity contribution is 5.79. The maximum atomic E-state index is 13.2. The summed E-state index contributed by atoms with van der Waals surface area (Å²) >= 11 is 0. The van der Waals surface area contributed by atoms with Crippen molar-refractivity contribution in [3.63, 3.8) is 0 Å². The highest BCUT2D eigenvalue weighted by Gasteiger charge is 2.38. The number of H-pyrrole nitrogens is 1. The minimum Gasteiger partial charge on any atom is -0.475 e. The van der Waals surface area contributed by atoms with E-state index in [9.17, 15) is 27.2 Å². The van der Waals surface area contributed by atoms with Crippen molar-refractivity contribution in [1.29, 1.82) is 0 Å². The number of nitrogens with zero attached hydrogens (tertiary/aromatic N) is 3. The Kier molecular flexibility index (Phi) is 8.80. The fraction of sp³-hybridized carbons (Fsp3) is 0.391. The van der Waals surface area contributed by atoms with E-state index < -0.39 is 12.1 Å². The number of aliphatic carboxylic acids is 1. The third-order valence-corrected chi connectivity index (χ3v) is 5.49. The summed E-state index contributed by atoms with van der Waals surface area (Å²) in [6.07, 6.45) is 0.328. The molecule has 0 spiro atoms. The van der Waals surface area contributed by atoms with Gasteiger partial charge in [0.05, 0.1) is 12.1 Å². The van der Waals surface area contributed by atoms with E-state index in [1.54, 1.807) is 18.3 Å². The van der Waals surface area contributed by atoms with Crippen molar-refractivity contribution >= 4 is 17.5 Å². The second-order valence-corrected chi connectivity index (χ2v) is 8.17. The molecule has 1 amide bonds. The number of carbonyl (C=O) groups excluding carboxylic acids is 1. The number of amides is 1. The van der Waals surface area contributed by atoms with E-state index in [1.165, 1.54) is 42.0 Å². The molecule has 1 aliphatic heterocycles. The van der Waals surface area contributed by atoms with Gasteiger partial charge in [-0.05, 0) is 43.6 Å². The molecule has 0 aliphatic carbocycles. The van der Waals surface area contributed by atoms with Crippen molar-refractivity contribution in [2.24, 2.45) is 0 Å². The third-order valence-electron chi connectivity index (χ3n) is 5.49. The molecule has 1 saturated heterocycles. The summed E-state index contributed by atoms with van der Waals surface area (Å²) in [6.45, 7) is 3.60. The first kappa shape index (κ1) is 26.9. The molecular weight excluding hydrogens is 486 g/mol. The summed E-state index contributed by atoms with van der Waals surface area (Å²) in [5.74, 6) is -3.25. The van der Waals surface area contributed by atoms with Gasteiger partial charge in [0.2, 0.25) is 5.91 Å². The van der Waals surface area contributed by atoms with Crippen LogP contribution < -0.4 is 10.9 Å². The van der Waals surface area contributed by atoms with Crippen LogP contribution in [0.5, 0.6) is 0 Å². The van der Waals surface area contributed by atoms with Crippen LogP contribution in [0.15, 0.2) is 41.3 Å². The van der Waals surface area contributed by atoms with E-state index in [4.69, 9.17) is 9.90 Å². The van der Waals surface area contributed by atoms with Crippen molar-refractivity contribution in [2.75, 3.05) is 26.2 Å². The average Bonchev–Trinajstić information content (AvgIpc) is 3.24. The lowest BCUT2D eigenvalue weighted by atomic mass is 10.1. The Morgan fingerprint density at radius 1 is 1.11 bits per heavy atom. The van der Waals surface area contributed by atoms with Crippen LogP contribution in [0, 0.1) is 5.82 Å². The molecule has 1 fully saturated rings. The average molecular weight is 511 g/mol. The summed E-state index contributed by atoms with van der Waals surface area (Å²) < 4.78 is 46.3. The molecule has 3 aromatic rings. The van der Waals surface area contributed by atoms with Crippen molar-refractivity contribution in [2.45, 2.75) is 31.9 Å². The summed E-state index contributed by atoms with van der Waals surface area (Å²) in [5.41, 5.74) is 1.95. The van der Waals surface area contributed by atoms with E-state index in [0.717, 1.165) is 25.2 Å². The number of piperidine rings is 1. The fourth-order valence-electron chi connectivity index (χ4n) is 3.72. The minimum atomic E-state index is -5.08. The minimum absolute atomic E-state index is 0.0414. The monoisotopic (exact) mass is 511 g/mol. The summed E-state index contributed by atoms with van der Waals surface area (Å²) in [4.78, 5) is 40.4.